The lowest BCUT2D eigenvalue weighted by Gasteiger charge is -2.15. The number of hydrogen-bond donors (Lipinski definition) is 2. The van der Waals surface area contributed by atoms with Crippen LogP contribution >= 0.6 is 12.4 Å². The van der Waals surface area contributed by atoms with Crippen molar-refractivity contribution in [2.24, 2.45) is 11.8 Å². The van der Waals surface area contributed by atoms with Gasteiger partial charge in [-0.25, -0.2) is 0 Å². The summed E-state index contributed by atoms with van der Waals surface area (Å²) in [5.41, 5.74) is 2.23. The monoisotopic (exact) mass is 326 g/mol. The van der Waals surface area contributed by atoms with Crippen LogP contribution in [0.15, 0.2) is 18.2 Å². The summed E-state index contributed by atoms with van der Waals surface area (Å²) in [6, 6.07) is 6.16. The van der Waals surface area contributed by atoms with E-state index in [-0.39, 0.29) is 24.2 Å². The molecule has 2 rings (SSSR count). The van der Waals surface area contributed by atoms with Crippen molar-refractivity contribution in [2.45, 2.75) is 33.2 Å². The number of carbonyl (C=O) groups is 1. The Morgan fingerprint density at radius 2 is 2.14 bits per heavy atom. The van der Waals surface area contributed by atoms with E-state index >= 15 is 0 Å². The number of aryl methyl sites for hydroxylation is 1. The molecule has 124 valence electrons. The van der Waals surface area contributed by atoms with E-state index in [0.29, 0.717) is 13.1 Å². The van der Waals surface area contributed by atoms with Crippen molar-refractivity contribution in [3.05, 3.63) is 29.3 Å². The van der Waals surface area contributed by atoms with Crippen LogP contribution < -0.4 is 15.4 Å². The summed E-state index contributed by atoms with van der Waals surface area (Å²) in [7, 11) is 1.85. The van der Waals surface area contributed by atoms with Crippen molar-refractivity contribution < 1.29 is 9.53 Å². The summed E-state index contributed by atoms with van der Waals surface area (Å²) < 4.78 is 5.92. The number of carbonyl (C=O) groups excluding carboxylic acids is 1. The Balaban J connectivity index is 0.00000242. The molecule has 1 aliphatic rings. The first-order valence-corrected chi connectivity index (χ1v) is 7.74. The van der Waals surface area contributed by atoms with Crippen molar-refractivity contribution in [2.75, 3.05) is 20.2 Å². The van der Waals surface area contributed by atoms with E-state index in [0.717, 1.165) is 23.8 Å². The van der Waals surface area contributed by atoms with Gasteiger partial charge in [-0.05, 0) is 44.4 Å². The zero-order chi connectivity index (χ0) is 15.2. The quantitative estimate of drug-likeness (QED) is 0.772. The van der Waals surface area contributed by atoms with Gasteiger partial charge in [-0.1, -0.05) is 19.1 Å². The molecule has 1 amide bonds. The largest absolute Gasteiger partial charge is 0.493 e. The number of ether oxygens (including phenoxy) is 1. The standard InChI is InChI=1S/C17H26N2O2.ClH/c1-12-4-7-15(10-19-17(20)13(2)9-18-3)16(8-12)21-11-14-5-6-14;/h4,7-8,13-14,18H,5-6,9-11H2,1-3H3,(H,19,20);1H. The normalized spacial score (nSPS) is 14.9. The van der Waals surface area contributed by atoms with Crippen LogP contribution in [0.4, 0.5) is 0 Å². The van der Waals surface area contributed by atoms with Crippen LogP contribution in [0.25, 0.3) is 0 Å². The van der Waals surface area contributed by atoms with E-state index in [1.165, 1.54) is 18.4 Å². The zero-order valence-electron chi connectivity index (χ0n) is 13.6. The minimum atomic E-state index is -0.0312. The molecule has 0 spiro atoms. The topological polar surface area (TPSA) is 50.4 Å². The number of rotatable bonds is 8. The lowest BCUT2D eigenvalue weighted by Crippen LogP contribution is -2.34. The highest BCUT2D eigenvalue weighted by atomic mass is 35.5. The van der Waals surface area contributed by atoms with E-state index in [4.69, 9.17) is 4.74 Å². The van der Waals surface area contributed by atoms with Gasteiger partial charge in [0.05, 0.1) is 6.61 Å². The lowest BCUT2D eigenvalue weighted by atomic mass is 10.1. The fourth-order valence-corrected chi connectivity index (χ4v) is 2.19. The summed E-state index contributed by atoms with van der Waals surface area (Å²) in [6.07, 6.45) is 2.55. The molecule has 1 fully saturated rings. The second-order valence-electron chi connectivity index (χ2n) is 6.04. The molecule has 1 aliphatic carbocycles. The van der Waals surface area contributed by atoms with Crippen LogP contribution in [0, 0.1) is 18.8 Å². The smallest absolute Gasteiger partial charge is 0.224 e. The van der Waals surface area contributed by atoms with E-state index in [2.05, 4.69) is 29.7 Å². The summed E-state index contributed by atoms with van der Waals surface area (Å²) in [5.74, 6) is 1.67. The minimum absolute atomic E-state index is 0. The average molecular weight is 327 g/mol. The van der Waals surface area contributed by atoms with Crippen molar-refractivity contribution in [3.8, 4) is 5.75 Å². The van der Waals surface area contributed by atoms with Gasteiger partial charge >= 0.3 is 0 Å². The minimum Gasteiger partial charge on any atom is -0.493 e. The molecule has 1 aromatic carbocycles. The van der Waals surface area contributed by atoms with Crippen LogP contribution in [0.1, 0.15) is 30.9 Å². The molecule has 5 heteroatoms. The Labute approximate surface area is 139 Å². The predicted molar refractivity (Wildman–Crippen MR) is 91.6 cm³/mol. The maximum Gasteiger partial charge on any atom is 0.224 e. The van der Waals surface area contributed by atoms with E-state index in [1.54, 1.807) is 0 Å². The van der Waals surface area contributed by atoms with Crippen LogP contribution in [-0.4, -0.2) is 26.1 Å². The highest BCUT2D eigenvalue weighted by molar-refractivity contribution is 5.85. The number of nitrogens with one attached hydrogen (secondary N) is 2. The SMILES string of the molecule is CNCC(C)C(=O)NCc1ccc(C)cc1OCC1CC1.Cl. The van der Waals surface area contributed by atoms with Crippen molar-refractivity contribution in [1.82, 2.24) is 10.6 Å². The van der Waals surface area contributed by atoms with E-state index in [1.807, 2.05) is 20.0 Å². The molecular formula is C17H27ClN2O2. The number of benzene rings is 1. The van der Waals surface area contributed by atoms with Crippen LogP contribution in [0.5, 0.6) is 5.75 Å². The van der Waals surface area contributed by atoms with Crippen molar-refractivity contribution in [1.29, 1.82) is 0 Å². The van der Waals surface area contributed by atoms with E-state index < -0.39 is 0 Å². The number of hydrogen-bond acceptors (Lipinski definition) is 3. The third-order valence-electron chi connectivity index (χ3n) is 3.81. The molecule has 4 nitrogen and oxygen atoms in total. The zero-order valence-corrected chi connectivity index (χ0v) is 14.5. The first-order chi connectivity index (χ1) is 10.1. The van der Waals surface area contributed by atoms with Gasteiger partial charge in [0.15, 0.2) is 0 Å². The summed E-state index contributed by atoms with van der Waals surface area (Å²) in [6.45, 7) is 5.98. The third-order valence-corrected chi connectivity index (χ3v) is 3.81. The Hall–Kier alpha value is -1.26. The third kappa shape index (κ3) is 5.85. The maximum atomic E-state index is 12.0. The average Bonchev–Trinajstić information content (AvgIpc) is 3.28. The molecule has 1 unspecified atom stereocenters. The molecule has 22 heavy (non-hydrogen) atoms. The fraction of sp³-hybridized carbons (Fsp3) is 0.588. The van der Waals surface area contributed by atoms with Gasteiger partial charge < -0.3 is 15.4 Å². The first-order valence-electron chi connectivity index (χ1n) is 7.74. The van der Waals surface area contributed by atoms with Crippen LogP contribution in [0.3, 0.4) is 0 Å². The van der Waals surface area contributed by atoms with Gasteiger partial charge in [-0.3, -0.25) is 4.79 Å². The van der Waals surface area contributed by atoms with E-state index in [9.17, 15) is 4.79 Å². The Kier molecular flexibility index (Phi) is 7.69. The Morgan fingerprint density at radius 1 is 1.41 bits per heavy atom. The lowest BCUT2D eigenvalue weighted by molar-refractivity contribution is -0.124. The molecule has 1 atom stereocenters. The Morgan fingerprint density at radius 3 is 2.77 bits per heavy atom. The van der Waals surface area contributed by atoms with Crippen LogP contribution in [0.2, 0.25) is 0 Å². The van der Waals surface area contributed by atoms with Gasteiger partial charge in [-0.2, -0.15) is 0 Å². The van der Waals surface area contributed by atoms with Gasteiger partial charge in [0.25, 0.3) is 0 Å². The summed E-state index contributed by atoms with van der Waals surface area (Å²) in [5, 5.41) is 6.01. The summed E-state index contributed by atoms with van der Waals surface area (Å²) >= 11 is 0. The van der Waals surface area contributed by atoms with Gasteiger partial charge in [0.1, 0.15) is 5.75 Å². The molecular weight excluding hydrogens is 300 g/mol. The first kappa shape index (κ1) is 18.8. The van der Waals surface area contributed by atoms with Gasteiger partial charge in [0, 0.05) is 24.6 Å². The highest BCUT2D eigenvalue weighted by Crippen LogP contribution is 2.30. The molecule has 1 aromatic rings. The molecule has 0 aliphatic heterocycles. The molecule has 1 saturated carbocycles. The molecule has 2 N–H and O–H groups in total. The number of halogens is 1. The van der Waals surface area contributed by atoms with Gasteiger partial charge in [0.2, 0.25) is 5.91 Å². The van der Waals surface area contributed by atoms with Gasteiger partial charge in [-0.15, -0.1) is 12.4 Å². The second-order valence-corrected chi connectivity index (χ2v) is 6.04. The highest BCUT2D eigenvalue weighted by Gasteiger charge is 2.22. The molecule has 0 radical (unpaired) electrons. The molecule has 0 saturated heterocycles. The number of amides is 1. The van der Waals surface area contributed by atoms with Crippen molar-refractivity contribution in [3.63, 3.8) is 0 Å². The summed E-state index contributed by atoms with van der Waals surface area (Å²) in [4.78, 5) is 12.0. The Bertz CT molecular complexity index is 490. The second kappa shape index (κ2) is 9.01. The maximum absolute atomic E-state index is 12.0. The van der Waals surface area contributed by atoms with Crippen LogP contribution in [-0.2, 0) is 11.3 Å². The molecule has 0 heterocycles. The molecule has 0 aromatic heterocycles. The fourth-order valence-electron chi connectivity index (χ4n) is 2.19. The molecule has 0 bridgehead atoms. The van der Waals surface area contributed by atoms with Crippen molar-refractivity contribution >= 4 is 18.3 Å². The predicted octanol–water partition coefficient (Wildman–Crippen LogP) is 2.68.